The molecule has 0 bridgehead atoms. The highest BCUT2D eigenvalue weighted by Gasteiger charge is 2.13. The number of phenols is 1. The molecule has 0 heterocycles. The molecule has 0 aliphatic heterocycles. The van der Waals surface area contributed by atoms with Crippen LogP contribution in [0.3, 0.4) is 0 Å². The second-order valence-corrected chi connectivity index (χ2v) is 5.72. The summed E-state index contributed by atoms with van der Waals surface area (Å²) < 4.78 is 6.05. The van der Waals surface area contributed by atoms with Crippen molar-refractivity contribution in [1.82, 2.24) is 0 Å². The Morgan fingerprint density at radius 2 is 1.90 bits per heavy atom. The van der Waals surface area contributed by atoms with Crippen molar-refractivity contribution in [3.63, 3.8) is 0 Å². The van der Waals surface area contributed by atoms with Gasteiger partial charge in [0.2, 0.25) is 0 Å². The number of aryl methyl sites for hydroxylation is 1. The van der Waals surface area contributed by atoms with Gasteiger partial charge in [0.25, 0.3) is 0 Å². The van der Waals surface area contributed by atoms with E-state index in [2.05, 4.69) is 6.92 Å². The average molecular weight is 307 g/mol. The lowest BCUT2D eigenvalue weighted by Gasteiger charge is -2.17. The largest absolute Gasteiger partial charge is 0.507 e. The Morgan fingerprint density at radius 1 is 1.19 bits per heavy atom. The fourth-order valence-electron chi connectivity index (χ4n) is 2.54. The van der Waals surface area contributed by atoms with Crippen LogP contribution in [0.5, 0.6) is 11.5 Å². The van der Waals surface area contributed by atoms with E-state index in [-0.39, 0.29) is 0 Å². The second-order valence-electron chi connectivity index (χ2n) is 5.34. The molecule has 0 saturated heterocycles. The highest BCUT2D eigenvalue weighted by molar-refractivity contribution is 6.17. The van der Waals surface area contributed by atoms with Crippen molar-refractivity contribution < 1.29 is 9.84 Å². The minimum Gasteiger partial charge on any atom is -0.507 e. The van der Waals surface area contributed by atoms with Gasteiger partial charge < -0.3 is 9.84 Å². The predicted octanol–water partition coefficient (Wildman–Crippen LogP) is 5.14. The monoisotopic (exact) mass is 306 g/mol. The Kier molecular flexibility index (Phi) is 5.75. The summed E-state index contributed by atoms with van der Waals surface area (Å²) >= 11 is 5.83. The molecule has 0 fully saturated rings. The second kappa shape index (κ2) is 7.56. The maximum atomic E-state index is 10.3. The van der Waals surface area contributed by atoms with Gasteiger partial charge in [-0.15, -0.1) is 11.6 Å². The summed E-state index contributed by atoms with van der Waals surface area (Å²) in [5.74, 6) is 2.36. The molecular weight excluding hydrogens is 284 g/mol. The van der Waals surface area contributed by atoms with Crippen LogP contribution >= 0.6 is 11.6 Å². The zero-order valence-electron chi connectivity index (χ0n) is 12.7. The van der Waals surface area contributed by atoms with Crippen LogP contribution < -0.4 is 4.74 Å². The molecule has 0 amide bonds. The van der Waals surface area contributed by atoms with E-state index in [0.717, 1.165) is 41.3 Å². The van der Waals surface area contributed by atoms with Crippen LogP contribution in [-0.4, -0.2) is 17.6 Å². The fourth-order valence-corrected chi connectivity index (χ4v) is 2.85. The molecule has 2 rings (SSSR count). The third kappa shape index (κ3) is 3.62. The molecule has 3 heteroatoms. The topological polar surface area (TPSA) is 29.5 Å². The molecule has 2 aromatic carbocycles. The molecule has 0 radical (unpaired) electrons. The van der Waals surface area contributed by atoms with Crippen molar-refractivity contribution in [2.75, 3.05) is 12.5 Å². The van der Waals surface area contributed by atoms with Gasteiger partial charge >= 0.3 is 0 Å². The molecular formula is C18H23ClO2. The van der Waals surface area contributed by atoms with Gasteiger partial charge in [0.15, 0.2) is 0 Å². The fraction of sp³-hybridized carbons (Fsp3) is 0.444. The van der Waals surface area contributed by atoms with E-state index < -0.39 is 0 Å². The molecule has 114 valence electrons. The van der Waals surface area contributed by atoms with E-state index in [0.29, 0.717) is 24.2 Å². The van der Waals surface area contributed by atoms with Crippen molar-refractivity contribution in [1.29, 1.82) is 0 Å². The van der Waals surface area contributed by atoms with Crippen LogP contribution in [-0.2, 0) is 6.42 Å². The first-order chi connectivity index (χ1) is 10.2. The van der Waals surface area contributed by atoms with E-state index in [1.54, 1.807) is 0 Å². The quantitative estimate of drug-likeness (QED) is 0.718. The Balaban J connectivity index is 2.32. The zero-order valence-corrected chi connectivity index (χ0v) is 13.5. The summed E-state index contributed by atoms with van der Waals surface area (Å²) in [5, 5.41) is 12.1. The summed E-state index contributed by atoms with van der Waals surface area (Å²) in [6, 6.07) is 9.80. The van der Waals surface area contributed by atoms with Gasteiger partial charge in [-0.05, 0) is 30.4 Å². The molecule has 1 unspecified atom stereocenters. The molecule has 1 atom stereocenters. The summed E-state index contributed by atoms with van der Waals surface area (Å²) in [4.78, 5) is 0. The summed E-state index contributed by atoms with van der Waals surface area (Å²) in [6.07, 6.45) is 2.81. The van der Waals surface area contributed by atoms with Crippen molar-refractivity contribution in [2.45, 2.75) is 33.1 Å². The van der Waals surface area contributed by atoms with Crippen LogP contribution in [0.2, 0.25) is 0 Å². The first kappa shape index (κ1) is 16.0. The van der Waals surface area contributed by atoms with Crippen LogP contribution in [0.4, 0.5) is 0 Å². The highest BCUT2D eigenvalue weighted by Crippen LogP contribution is 2.36. The lowest BCUT2D eigenvalue weighted by molar-refractivity contribution is 0.243. The van der Waals surface area contributed by atoms with E-state index in [1.165, 1.54) is 0 Å². The summed E-state index contributed by atoms with van der Waals surface area (Å²) in [5.41, 5.74) is 0.925. The third-order valence-electron chi connectivity index (χ3n) is 4.01. The number of alkyl halides is 1. The summed E-state index contributed by atoms with van der Waals surface area (Å²) in [7, 11) is 0. The number of hydrogen-bond donors (Lipinski definition) is 1. The maximum absolute atomic E-state index is 10.3. The van der Waals surface area contributed by atoms with Crippen LogP contribution in [0.25, 0.3) is 10.8 Å². The number of ether oxygens (including phenoxy) is 1. The standard InChI is InChI=1S/C18H23ClO2/c1-3-13(9-10-19)12-21-17-11-14(4-2)18(20)16-8-6-5-7-15(16)17/h5-8,11,13,20H,3-4,9-10,12H2,1-2H3. The molecule has 2 aromatic rings. The van der Waals surface area contributed by atoms with Crippen molar-refractivity contribution in [3.8, 4) is 11.5 Å². The molecule has 0 aromatic heterocycles. The van der Waals surface area contributed by atoms with E-state index >= 15 is 0 Å². The molecule has 0 spiro atoms. The number of benzene rings is 2. The molecule has 2 nitrogen and oxygen atoms in total. The first-order valence-corrected chi connectivity index (χ1v) is 8.17. The Bertz CT molecular complexity index is 595. The first-order valence-electron chi connectivity index (χ1n) is 7.63. The van der Waals surface area contributed by atoms with Crippen molar-refractivity contribution in [3.05, 3.63) is 35.9 Å². The minimum atomic E-state index is 0.369. The molecule has 0 aliphatic rings. The van der Waals surface area contributed by atoms with Crippen LogP contribution in [0.1, 0.15) is 32.3 Å². The van der Waals surface area contributed by atoms with E-state index in [9.17, 15) is 5.11 Å². The number of halogens is 1. The Hall–Kier alpha value is -1.41. The number of rotatable bonds is 7. The highest BCUT2D eigenvalue weighted by atomic mass is 35.5. The van der Waals surface area contributed by atoms with Gasteiger partial charge in [0, 0.05) is 16.7 Å². The molecule has 1 N–H and O–H groups in total. The molecule has 0 aliphatic carbocycles. The van der Waals surface area contributed by atoms with E-state index in [1.807, 2.05) is 37.3 Å². The number of hydrogen-bond acceptors (Lipinski definition) is 2. The van der Waals surface area contributed by atoms with Gasteiger partial charge in [-0.2, -0.15) is 0 Å². The number of aromatic hydroxyl groups is 1. The van der Waals surface area contributed by atoms with Crippen molar-refractivity contribution in [2.24, 2.45) is 5.92 Å². The summed E-state index contributed by atoms with van der Waals surface area (Å²) in [6.45, 7) is 4.87. The number of phenolic OH excluding ortho intramolecular Hbond substituents is 1. The van der Waals surface area contributed by atoms with Gasteiger partial charge in [-0.1, -0.05) is 44.5 Å². The van der Waals surface area contributed by atoms with Gasteiger partial charge in [0.1, 0.15) is 11.5 Å². The van der Waals surface area contributed by atoms with Gasteiger partial charge in [-0.3, -0.25) is 0 Å². The Morgan fingerprint density at radius 3 is 2.52 bits per heavy atom. The molecule has 21 heavy (non-hydrogen) atoms. The smallest absolute Gasteiger partial charge is 0.127 e. The zero-order chi connectivity index (χ0) is 15.2. The predicted molar refractivity (Wildman–Crippen MR) is 89.6 cm³/mol. The van der Waals surface area contributed by atoms with Crippen LogP contribution in [0, 0.1) is 5.92 Å². The van der Waals surface area contributed by atoms with Crippen LogP contribution in [0.15, 0.2) is 30.3 Å². The maximum Gasteiger partial charge on any atom is 0.127 e. The lowest BCUT2D eigenvalue weighted by atomic mass is 10.0. The molecule has 0 saturated carbocycles. The van der Waals surface area contributed by atoms with Gasteiger partial charge in [0.05, 0.1) is 6.61 Å². The lowest BCUT2D eigenvalue weighted by Crippen LogP contribution is -2.12. The minimum absolute atomic E-state index is 0.369. The van der Waals surface area contributed by atoms with Crippen molar-refractivity contribution >= 4 is 22.4 Å². The SMILES string of the molecule is CCc1cc(OCC(CC)CCCl)c2ccccc2c1O. The average Bonchev–Trinajstić information content (AvgIpc) is 2.53. The Labute approximate surface area is 131 Å². The number of fused-ring (bicyclic) bond motifs is 1. The third-order valence-corrected chi connectivity index (χ3v) is 4.23. The normalized spacial score (nSPS) is 12.5. The van der Waals surface area contributed by atoms with E-state index in [4.69, 9.17) is 16.3 Å². The van der Waals surface area contributed by atoms with Gasteiger partial charge in [-0.25, -0.2) is 0 Å².